The zero-order valence-electron chi connectivity index (χ0n) is 52.3. The molecule has 20 rings (SSSR count). The topological polar surface area (TPSA) is 29.5 Å². The number of nitrogens with zero attached hydrogens (tertiary/aromatic N) is 1. The number of rotatable bonds is 10. The summed E-state index contributed by atoms with van der Waals surface area (Å²) in [5, 5.41) is 4.48. The van der Waals surface area contributed by atoms with Crippen molar-refractivity contribution in [1.82, 2.24) is 0 Å². The summed E-state index contributed by atoms with van der Waals surface area (Å²) in [5.74, 6) is 0. The van der Waals surface area contributed by atoms with E-state index in [1.54, 1.807) is 0 Å². The average molecular weight is 1220 g/mol. The van der Waals surface area contributed by atoms with Crippen molar-refractivity contribution in [2.75, 3.05) is 4.90 Å². The summed E-state index contributed by atoms with van der Waals surface area (Å²) in [5.41, 5.74) is 28.4. The number of hydrogen-bond donors (Lipinski definition) is 0. The van der Waals surface area contributed by atoms with Gasteiger partial charge in [0.2, 0.25) is 0 Å². The molecule has 0 bridgehead atoms. The molecule has 0 N–H and O–H groups in total. The molecule has 0 unspecified atom stereocenters. The minimum absolute atomic E-state index is 0.689. The van der Waals surface area contributed by atoms with Crippen LogP contribution in [0.5, 0.6) is 0 Å². The summed E-state index contributed by atoms with van der Waals surface area (Å²) < 4.78 is 13.9. The highest BCUT2D eigenvalue weighted by Crippen LogP contribution is 2.66. The van der Waals surface area contributed by atoms with Crippen LogP contribution in [0.25, 0.3) is 88.4 Å². The van der Waals surface area contributed by atoms with E-state index in [1.165, 1.54) is 100 Å². The largest absolute Gasteiger partial charge is 0.456 e. The zero-order chi connectivity index (χ0) is 63.1. The Labute approximate surface area is 556 Å². The maximum Gasteiger partial charge on any atom is 0.143 e. The second-order valence-corrected chi connectivity index (χ2v) is 26.0. The lowest BCUT2D eigenvalue weighted by Crippen LogP contribution is -2.30. The molecular weight excluding hydrogens is 1160 g/mol. The summed E-state index contributed by atoms with van der Waals surface area (Å²) in [4.78, 5) is 2.50. The Morgan fingerprint density at radius 1 is 0.219 bits per heavy atom. The highest BCUT2D eigenvalue weighted by molar-refractivity contribution is 6.20. The molecule has 3 heteroatoms. The van der Waals surface area contributed by atoms with Crippen molar-refractivity contribution in [1.29, 1.82) is 0 Å². The Balaban J connectivity index is 0.877. The molecule has 17 aromatic rings. The predicted molar refractivity (Wildman–Crippen MR) is 393 cm³/mol. The molecule has 0 atom stereocenters. The van der Waals surface area contributed by atoms with Gasteiger partial charge < -0.3 is 13.7 Å². The van der Waals surface area contributed by atoms with Crippen molar-refractivity contribution < 1.29 is 8.83 Å². The molecule has 3 nitrogen and oxygen atoms in total. The van der Waals surface area contributed by atoms with Crippen LogP contribution in [0, 0.1) is 0 Å². The van der Waals surface area contributed by atoms with Crippen molar-refractivity contribution in [2.45, 2.75) is 16.2 Å². The number of fused-ring (bicyclic) bond motifs is 17. The van der Waals surface area contributed by atoms with Gasteiger partial charge in [-0.1, -0.05) is 285 Å². The van der Waals surface area contributed by atoms with Gasteiger partial charge in [0.05, 0.1) is 16.2 Å². The quantitative estimate of drug-likeness (QED) is 0.137. The minimum Gasteiger partial charge on any atom is -0.456 e. The Hall–Kier alpha value is -12.3. The summed E-state index contributed by atoms with van der Waals surface area (Å²) in [7, 11) is 0. The summed E-state index contributed by atoms with van der Waals surface area (Å²) in [6.45, 7) is 0. The SMILES string of the molecule is c1ccc(-c2cc3c(c4c2oc2ccccc24)-c2ccc(N(c4ccccc4)c4ccc5c(c4)C(c4ccccc4)(c4ccccc4)c4cc6c(cc4-5)C(c4ccccc4)(c4ccccc4)c4ccc5oc7ccccc7c5c4-6)cc2C3(c2ccccc2)c2ccccc2)cc1. The fraction of sp³-hybridized carbons (Fsp3) is 0.0323. The van der Waals surface area contributed by atoms with Crippen LogP contribution in [0.15, 0.2) is 367 Å². The van der Waals surface area contributed by atoms with E-state index in [-0.39, 0.29) is 0 Å². The molecule has 96 heavy (non-hydrogen) atoms. The summed E-state index contributed by atoms with van der Waals surface area (Å²) >= 11 is 0. The highest BCUT2D eigenvalue weighted by Gasteiger charge is 2.53. The number of benzene rings is 15. The summed E-state index contributed by atoms with van der Waals surface area (Å²) in [6.07, 6.45) is 0. The summed E-state index contributed by atoms with van der Waals surface area (Å²) in [6, 6.07) is 133. The third-order valence-electron chi connectivity index (χ3n) is 21.5. The van der Waals surface area contributed by atoms with E-state index in [1.807, 2.05) is 0 Å². The van der Waals surface area contributed by atoms with Crippen LogP contribution in [0.3, 0.4) is 0 Å². The van der Waals surface area contributed by atoms with Crippen molar-refractivity contribution in [2.24, 2.45) is 0 Å². The van der Waals surface area contributed by atoms with Crippen LogP contribution >= 0.6 is 0 Å². The highest BCUT2D eigenvalue weighted by atomic mass is 16.3. The normalized spacial score (nSPS) is 14.1. The lowest BCUT2D eigenvalue weighted by molar-refractivity contribution is 0.668. The third-order valence-corrected chi connectivity index (χ3v) is 21.5. The molecular formula is C93H59NO2. The molecule has 0 spiro atoms. The van der Waals surface area contributed by atoms with Gasteiger partial charge in [-0.15, -0.1) is 0 Å². The molecule has 2 aromatic heterocycles. The monoisotopic (exact) mass is 1220 g/mol. The molecule has 3 aliphatic rings. The van der Waals surface area contributed by atoms with Gasteiger partial charge in [-0.05, 0) is 179 Å². The number of anilines is 3. The molecule has 0 amide bonds. The molecule has 0 saturated heterocycles. The van der Waals surface area contributed by atoms with Gasteiger partial charge in [0.15, 0.2) is 0 Å². The van der Waals surface area contributed by atoms with Crippen LogP contribution in [-0.4, -0.2) is 0 Å². The number of furan rings is 2. The fourth-order valence-electron chi connectivity index (χ4n) is 17.7. The van der Waals surface area contributed by atoms with Crippen LogP contribution in [0.2, 0.25) is 0 Å². The van der Waals surface area contributed by atoms with Crippen LogP contribution in [0.1, 0.15) is 66.8 Å². The average Bonchev–Trinajstić information content (AvgIpc) is 1.51. The first-order chi connectivity index (χ1) is 47.6. The molecule has 3 aliphatic carbocycles. The van der Waals surface area contributed by atoms with Gasteiger partial charge in [-0.25, -0.2) is 0 Å². The zero-order valence-corrected chi connectivity index (χ0v) is 52.3. The second kappa shape index (κ2) is 20.9. The van der Waals surface area contributed by atoms with E-state index >= 15 is 0 Å². The van der Waals surface area contributed by atoms with Gasteiger partial charge in [0.25, 0.3) is 0 Å². The van der Waals surface area contributed by atoms with Gasteiger partial charge >= 0.3 is 0 Å². The molecule has 0 radical (unpaired) electrons. The Morgan fingerprint density at radius 3 is 1.12 bits per heavy atom. The first kappa shape index (κ1) is 54.3. The van der Waals surface area contributed by atoms with Gasteiger partial charge in [-0.3, -0.25) is 0 Å². The lowest BCUT2D eigenvalue weighted by Gasteiger charge is -2.36. The molecule has 15 aromatic carbocycles. The third kappa shape index (κ3) is 7.37. The van der Waals surface area contributed by atoms with Crippen LogP contribution in [0.4, 0.5) is 17.1 Å². The molecule has 2 heterocycles. The Bertz CT molecular complexity index is 5800. The standard InChI is InChI=1S/C93H59NO2/c1-9-29-60(30-10-1)74-57-82-86(89-73-46-26-28-48-84(73)96-90(74)89)71-52-50-69(56-79(71)93(82,65-39-19-6-20-40-65)66-41-21-7-22-42-66)94(67-43-23-8-24-44-67)68-49-51-70-75-58-81-76(59-80(75)92(78(70)55-68,63-35-15-4-16-36-63)64-37-17-5-18-38-64)87-77(53-54-85-88(87)72-45-25-27-47-83(72)95-85)91(81,61-31-11-2-12-32-61)62-33-13-3-14-34-62/h1-59H. The lowest BCUT2D eigenvalue weighted by atomic mass is 9.66. The molecule has 0 aliphatic heterocycles. The second-order valence-electron chi connectivity index (χ2n) is 26.0. The first-order valence-corrected chi connectivity index (χ1v) is 33.3. The molecule has 0 saturated carbocycles. The van der Waals surface area contributed by atoms with Crippen LogP contribution < -0.4 is 4.90 Å². The van der Waals surface area contributed by atoms with Crippen molar-refractivity contribution in [3.05, 3.63) is 425 Å². The smallest absolute Gasteiger partial charge is 0.143 e. The van der Waals surface area contributed by atoms with Gasteiger partial charge in [0.1, 0.15) is 22.3 Å². The van der Waals surface area contributed by atoms with Crippen molar-refractivity contribution >= 4 is 60.9 Å². The van der Waals surface area contributed by atoms with Crippen LogP contribution in [-0.2, 0) is 16.2 Å². The minimum atomic E-state index is -0.789. The van der Waals surface area contributed by atoms with E-state index in [4.69, 9.17) is 8.83 Å². The van der Waals surface area contributed by atoms with Gasteiger partial charge in [0, 0.05) is 44.2 Å². The van der Waals surface area contributed by atoms with Crippen molar-refractivity contribution in [3.8, 4) is 44.5 Å². The maximum absolute atomic E-state index is 7.08. The van der Waals surface area contributed by atoms with E-state index in [0.29, 0.717) is 0 Å². The predicted octanol–water partition coefficient (Wildman–Crippen LogP) is 23.7. The Morgan fingerprint density at radius 2 is 0.594 bits per heavy atom. The van der Waals surface area contributed by atoms with Crippen molar-refractivity contribution in [3.63, 3.8) is 0 Å². The Kier molecular flexibility index (Phi) is 11.8. The fourth-order valence-corrected chi connectivity index (χ4v) is 17.7. The van der Waals surface area contributed by atoms with E-state index in [0.717, 1.165) is 72.1 Å². The van der Waals surface area contributed by atoms with E-state index < -0.39 is 16.2 Å². The maximum atomic E-state index is 7.08. The van der Waals surface area contributed by atoms with E-state index in [2.05, 4.69) is 363 Å². The number of hydrogen-bond acceptors (Lipinski definition) is 3. The molecule has 0 fully saturated rings. The number of para-hydroxylation sites is 3. The van der Waals surface area contributed by atoms with E-state index in [9.17, 15) is 0 Å². The first-order valence-electron chi connectivity index (χ1n) is 33.3. The van der Waals surface area contributed by atoms with Gasteiger partial charge in [-0.2, -0.15) is 0 Å². The molecule has 448 valence electrons.